The summed E-state index contributed by atoms with van der Waals surface area (Å²) in [6.07, 6.45) is 4.64. The first-order chi connectivity index (χ1) is 10.8. The van der Waals surface area contributed by atoms with Crippen LogP contribution in [0, 0.1) is 0 Å². The molecule has 1 N–H and O–H groups in total. The van der Waals surface area contributed by atoms with Crippen molar-refractivity contribution in [3.05, 3.63) is 29.8 Å². The normalized spacial score (nSPS) is 15.4. The number of nitrogens with one attached hydrogen (secondary N) is 1. The number of carbonyl (C=O) groups is 1. The highest BCUT2D eigenvalue weighted by Gasteiger charge is 2.15. The number of urea groups is 1. The van der Waals surface area contributed by atoms with Crippen LogP contribution >= 0.6 is 0 Å². The van der Waals surface area contributed by atoms with Crippen LogP contribution in [0.5, 0.6) is 0 Å². The van der Waals surface area contributed by atoms with E-state index in [4.69, 9.17) is 9.47 Å². The average Bonchev–Trinajstić information content (AvgIpc) is 2.81. The van der Waals surface area contributed by atoms with Crippen LogP contribution in [0.2, 0.25) is 0 Å². The monoisotopic (exact) mass is 306 g/mol. The number of methoxy groups -OCH3 is 1. The van der Waals surface area contributed by atoms with Crippen LogP contribution in [0.3, 0.4) is 0 Å². The first-order valence-corrected chi connectivity index (χ1v) is 8.01. The van der Waals surface area contributed by atoms with Crippen LogP contribution in [0.15, 0.2) is 24.3 Å². The lowest BCUT2D eigenvalue weighted by Crippen LogP contribution is -2.35. The van der Waals surface area contributed by atoms with E-state index < -0.39 is 0 Å². The van der Waals surface area contributed by atoms with Crippen LogP contribution in [0.1, 0.15) is 31.2 Å². The smallest absolute Gasteiger partial charge is 0.321 e. The number of hydrogen-bond acceptors (Lipinski definition) is 3. The van der Waals surface area contributed by atoms with Gasteiger partial charge >= 0.3 is 6.03 Å². The van der Waals surface area contributed by atoms with E-state index in [1.165, 1.54) is 12.8 Å². The van der Waals surface area contributed by atoms with Crippen molar-refractivity contribution in [3.8, 4) is 0 Å². The summed E-state index contributed by atoms with van der Waals surface area (Å²) in [6.45, 7) is 3.39. The van der Waals surface area contributed by atoms with Crippen LogP contribution in [-0.2, 0) is 16.1 Å². The Bertz CT molecular complexity index is 457. The van der Waals surface area contributed by atoms with Gasteiger partial charge in [-0.15, -0.1) is 0 Å². The van der Waals surface area contributed by atoms with E-state index in [1.54, 1.807) is 7.11 Å². The van der Waals surface area contributed by atoms with Crippen molar-refractivity contribution in [1.29, 1.82) is 0 Å². The summed E-state index contributed by atoms with van der Waals surface area (Å²) in [7, 11) is 1.66. The largest absolute Gasteiger partial charge is 0.382 e. The lowest BCUT2D eigenvalue weighted by Gasteiger charge is -2.21. The van der Waals surface area contributed by atoms with Crippen molar-refractivity contribution in [2.45, 2.75) is 32.3 Å². The van der Waals surface area contributed by atoms with Crippen molar-refractivity contribution in [2.24, 2.45) is 0 Å². The Labute approximate surface area is 132 Å². The molecule has 5 heteroatoms. The Hall–Kier alpha value is -1.59. The fraction of sp³-hybridized carbons (Fsp3) is 0.588. The molecule has 1 fully saturated rings. The van der Waals surface area contributed by atoms with Gasteiger partial charge in [-0.05, 0) is 30.5 Å². The Kier molecular flexibility index (Phi) is 7.19. The number of anilines is 1. The zero-order chi connectivity index (χ0) is 15.6. The van der Waals surface area contributed by atoms with Crippen molar-refractivity contribution in [3.63, 3.8) is 0 Å². The van der Waals surface area contributed by atoms with Gasteiger partial charge in [0.05, 0.1) is 19.8 Å². The van der Waals surface area contributed by atoms with E-state index in [2.05, 4.69) is 5.32 Å². The lowest BCUT2D eigenvalue weighted by molar-refractivity contribution is 0.0617. The van der Waals surface area contributed by atoms with Gasteiger partial charge in [-0.25, -0.2) is 4.79 Å². The minimum atomic E-state index is -0.000601. The molecule has 1 aromatic rings. The Morgan fingerprint density at radius 1 is 1.18 bits per heavy atom. The summed E-state index contributed by atoms with van der Waals surface area (Å²) in [6, 6.07) is 7.80. The molecule has 0 bridgehead atoms. The molecule has 0 aliphatic carbocycles. The molecule has 0 spiro atoms. The molecule has 2 rings (SSSR count). The quantitative estimate of drug-likeness (QED) is 0.821. The first kappa shape index (κ1) is 16.8. The third-order valence-corrected chi connectivity index (χ3v) is 3.77. The highest BCUT2D eigenvalue weighted by molar-refractivity contribution is 5.89. The minimum Gasteiger partial charge on any atom is -0.382 e. The molecule has 5 nitrogen and oxygen atoms in total. The molecule has 0 aromatic heterocycles. The Morgan fingerprint density at radius 2 is 1.95 bits per heavy atom. The van der Waals surface area contributed by atoms with Crippen LogP contribution in [0.25, 0.3) is 0 Å². The molecule has 1 saturated heterocycles. The van der Waals surface area contributed by atoms with Gasteiger partial charge in [-0.1, -0.05) is 25.0 Å². The first-order valence-electron chi connectivity index (χ1n) is 8.01. The van der Waals surface area contributed by atoms with Crippen molar-refractivity contribution in [2.75, 3.05) is 38.7 Å². The number of likely N-dealkylation sites (tertiary alicyclic amines) is 1. The Morgan fingerprint density at radius 3 is 2.68 bits per heavy atom. The SMILES string of the molecule is COCCOCc1cccc(NC(=O)N2CCCCCC2)c1. The molecule has 0 radical (unpaired) electrons. The summed E-state index contributed by atoms with van der Waals surface area (Å²) in [5.41, 5.74) is 1.87. The van der Waals surface area contributed by atoms with E-state index in [1.807, 2.05) is 29.2 Å². The number of hydrogen-bond donors (Lipinski definition) is 1. The van der Waals surface area contributed by atoms with Gasteiger partial charge in [0.25, 0.3) is 0 Å². The number of ether oxygens (including phenoxy) is 2. The molecular weight excluding hydrogens is 280 g/mol. The Balaban J connectivity index is 1.84. The molecule has 1 heterocycles. The van der Waals surface area contributed by atoms with Crippen molar-refractivity contribution >= 4 is 11.7 Å². The predicted octanol–water partition coefficient (Wildman–Crippen LogP) is 3.26. The molecule has 0 atom stereocenters. The molecule has 2 amide bonds. The number of benzene rings is 1. The third-order valence-electron chi connectivity index (χ3n) is 3.77. The van der Waals surface area contributed by atoms with Gasteiger partial charge in [0.2, 0.25) is 0 Å². The second-order valence-corrected chi connectivity index (χ2v) is 5.58. The molecule has 0 unspecified atom stereocenters. The molecule has 22 heavy (non-hydrogen) atoms. The maximum atomic E-state index is 12.3. The number of nitrogens with zero attached hydrogens (tertiary/aromatic N) is 1. The molecule has 1 aliphatic rings. The van der Waals surface area contributed by atoms with Crippen molar-refractivity contribution in [1.82, 2.24) is 4.90 Å². The molecule has 1 aromatic carbocycles. The van der Waals surface area contributed by atoms with E-state index in [0.29, 0.717) is 19.8 Å². The number of carbonyl (C=O) groups excluding carboxylic acids is 1. The maximum Gasteiger partial charge on any atom is 0.321 e. The minimum absolute atomic E-state index is 0.000601. The average molecular weight is 306 g/mol. The van der Waals surface area contributed by atoms with E-state index in [9.17, 15) is 4.79 Å². The molecule has 1 aliphatic heterocycles. The highest BCUT2D eigenvalue weighted by atomic mass is 16.5. The van der Waals surface area contributed by atoms with Gasteiger partial charge in [0.1, 0.15) is 0 Å². The zero-order valence-electron chi connectivity index (χ0n) is 13.3. The van der Waals surface area contributed by atoms with Crippen LogP contribution < -0.4 is 5.32 Å². The summed E-state index contributed by atoms with van der Waals surface area (Å²) in [5.74, 6) is 0. The van der Waals surface area contributed by atoms with Crippen LogP contribution in [0.4, 0.5) is 10.5 Å². The summed E-state index contributed by atoms with van der Waals surface area (Å²) in [5, 5.41) is 2.99. The van der Waals surface area contributed by atoms with Gasteiger partial charge in [-0.3, -0.25) is 0 Å². The van der Waals surface area contributed by atoms with E-state index in [-0.39, 0.29) is 6.03 Å². The van der Waals surface area contributed by atoms with Crippen molar-refractivity contribution < 1.29 is 14.3 Å². The summed E-state index contributed by atoms with van der Waals surface area (Å²) in [4.78, 5) is 14.2. The molecular formula is C17H26N2O3. The third kappa shape index (κ3) is 5.66. The van der Waals surface area contributed by atoms with E-state index >= 15 is 0 Å². The predicted molar refractivity (Wildman–Crippen MR) is 87.0 cm³/mol. The van der Waals surface area contributed by atoms with E-state index in [0.717, 1.165) is 37.2 Å². The topological polar surface area (TPSA) is 50.8 Å². The lowest BCUT2D eigenvalue weighted by atomic mass is 10.2. The highest BCUT2D eigenvalue weighted by Crippen LogP contribution is 2.15. The second-order valence-electron chi connectivity index (χ2n) is 5.58. The molecule has 0 saturated carbocycles. The standard InChI is InChI=1S/C17H26N2O3/c1-21-11-12-22-14-15-7-6-8-16(13-15)18-17(20)19-9-4-2-3-5-10-19/h6-8,13H,2-5,9-12,14H2,1H3,(H,18,20). The number of amides is 2. The summed E-state index contributed by atoms with van der Waals surface area (Å²) >= 11 is 0. The number of rotatable bonds is 6. The van der Waals surface area contributed by atoms with Crippen LogP contribution in [-0.4, -0.2) is 44.3 Å². The van der Waals surface area contributed by atoms with Gasteiger partial charge in [0.15, 0.2) is 0 Å². The maximum absolute atomic E-state index is 12.3. The summed E-state index contributed by atoms with van der Waals surface area (Å²) < 4.78 is 10.5. The van der Waals surface area contributed by atoms with Gasteiger partial charge < -0.3 is 19.7 Å². The zero-order valence-corrected chi connectivity index (χ0v) is 13.3. The second kappa shape index (κ2) is 9.43. The fourth-order valence-corrected chi connectivity index (χ4v) is 2.55. The fourth-order valence-electron chi connectivity index (χ4n) is 2.55. The van der Waals surface area contributed by atoms with Gasteiger partial charge in [-0.2, -0.15) is 0 Å². The molecule has 122 valence electrons. The van der Waals surface area contributed by atoms with Gasteiger partial charge in [0, 0.05) is 25.9 Å².